The Morgan fingerprint density at radius 1 is 0.800 bits per heavy atom. The van der Waals surface area contributed by atoms with Gasteiger partial charge in [-0.15, -0.1) is 21.5 Å². The van der Waals surface area contributed by atoms with Gasteiger partial charge in [-0.25, -0.2) is 15.0 Å². The van der Waals surface area contributed by atoms with Crippen molar-refractivity contribution in [1.29, 1.82) is 0 Å². The van der Waals surface area contributed by atoms with Crippen LogP contribution < -0.4 is 4.90 Å². The molecule has 0 unspecified atom stereocenters. The van der Waals surface area contributed by atoms with Crippen molar-refractivity contribution in [2.45, 2.75) is 0 Å². The molecule has 2 aromatic heterocycles. The van der Waals surface area contributed by atoms with Gasteiger partial charge in [0, 0.05) is 19.8 Å². The van der Waals surface area contributed by atoms with E-state index in [0.717, 1.165) is 0 Å². The van der Waals surface area contributed by atoms with Crippen LogP contribution in [-0.2, 0) is 0 Å². The number of anilines is 1. The Bertz CT molecular complexity index is 471. The molecular weight excluding hydrogens is 272 g/mol. The Balaban J connectivity index is 0.000000158. The number of hydrogen-bond acceptors (Lipinski definition) is 7. The monoisotopic (exact) mass is 288 g/mol. The van der Waals surface area contributed by atoms with Gasteiger partial charge in [0.15, 0.2) is 0 Å². The summed E-state index contributed by atoms with van der Waals surface area (Å²) < 4.78 is 0. The zero-order valence-electron chi connectivity index (χ0n) is 11.4. The van der Waals surface area contributed by atoms with E-state index in [2.05, 4.69) is 42.2 Å². The molecule has 3 rings (SSSR count). The zero-order chi connectivity index (χ0) is 14.5. The Morgan fingerprint density at radius 2 is 1.30 bits per heavy atom. The smallest absolute Gasteiger partial charge is 0.119 e. The molecule has 0 amide bonds. The van der Waals surface area contributed by atoms with Gasteiger partial charge in [0.25, 0.3) is 0 Å². The fourth-order valence-electron chi connectivity index (χ4n) is 1.07. The highest BCUT2D eigenvalue weighted by molar-refractivity contribution is 7.07. The van der Waals surface area contributed by atoms with Crippen molar-refractivity contribution in [3.8, 4) is 0 Å². The molecule has 1 aromatic carbocycles. The molecule has 0 radical (unpaired) electrons. The molecule has 0 aliphatic carbocycles. The van der Waals surface area contributed by atoms with Gasteiger partial charge in [0.1, 0.15) is 30.0 Å². The summed E-state index contributed by atoms with van der Waals surface area (Å²) in [6.45, 7) is 0. The number of para-hydroxylation sites is 1. The van der Waals surface area contributed by atoms with Crippen LogP contribution >= 0.6 is 11.3 Å². The maximum atomic E-state index is 3.56. The van der Waals surface area contributed by atoms with E-state index in [9.17, 15) is 0 Å². The van der Waals surface area contributed by atoms with Crippen molar-refractivity contribution in [3.05, 3.63) is 60.3 Å². The molecule has 0 bridgehead atoms. The molecule has 0 fully saturated rings. The fraction of sp³-hybridized carbons (Fsp3) is 0.154. The van der Waals surface area contributed by atoms with Gasteiger partial charge in [-0.05, 0) is 12.1 Å². The number of hydrogen-bond donors (Lipinski definition) is 0. The minimum absolute atomic E-state index is 1.25. The van der Waals surface area contributed by atoms with Crippen LogP contribution in [0.1, 0.15) is 0 Å². The molecule has 0 N–H and O–H groups in total. The molecule has 0 aliphatic heterocycles. The largest absolute Gasteiger partial charge is 0.378 e. The van der Waals surface area contributed by atoms with Crippen molar-refractivity contribution in [2.75, 3.05) is 19.0 Å². The third-order valence-electron chi connectivity index (χ3n) is 1.96. The van der Waals surface area contributed by atoms with Crippen molar-refractivity contribution in [3.63, 3.8) is 0 Å². The van der Waals surface area contributed by atoms with E-state index in [1.807, 2.05) is 32.3 Å². The number of aromatic nitrogens is 5. The molecular formula is C13H16N6S. The molecule has 104 valence electrons. The molecule has 0 spiro atoms. The Morgan fingerprint density at radius 3 is 1.55 bits per heavy atom. The molecule has 0 saturated carbocycles. The quantitative estimate of drug-likeness (QED) is 0.683. The summed E-state index contributed by atoms with van der Waals surface area (Å²) in [4.78, 5) is 12.8. The summed E-state index contributed by atoms with van der Waals surface area (Å²) in [6.07, 6.45) is 4.31. The summed E-state index contributed by atoms with van der Waals surface area (Å²) in [6, 6.07) is 10.3. The van der Waals surface area contributed by atoms with Gasteiger partial charge in [-0.1, -0.05) is 18.2 Å². The second kappa shape index (κ2) is 10.5. The lowest BCUT2D eigenvalue weighted by atomic mass is 10.3. The molecule has 7 heteroatoms. The predicted molar refractivity (Wildman–Crippen MR) is 80.5 cm³/mol. The maximum absolute atomic E-state index is 3.56. The average Bonchev–Trinajstić information content (AvgIpc) is 3.10. The van der Waals surface area contributed by atoms with E-state index in [4.69, 9.17) is 0 Å². The van der Waals surface area contributed by atoms with E-state index in [0.29, 0.717) is 0 Å². The number of nitrogens with zero attached hydrogens (tertiary/aromatic N) is 6. The highest BCUT2D eigenvalue weighted by Gasteiger charge is 1.87. The zero-order valence-corrected chi connectivity index (χ0v) is 12.2. The lowest BCUT2D eigenvalue weighted by Crippen LogP contribution is -2.07. The minimum Gasteiger partial charge on any atom is -0.378 e. The molecule has 0 saturated heterocycles. The van der Waals surface area contributed by atoms with Crippen LogP contribution in [0.25, 0.3) is 0 Å². The summed E-state index contributed by atoms with van der Waals surface area (Å²) in [7, 11) is 4.07. The first-order valence-corrected chi connectivity index (χ1v) is 6.71. The van der Waals surface area contributed by atoms with E-state index in [1.165, 1.54) is 36.0 Å². The summed E-state index contributed by atoms with van der Waals surface area (Å²) in [5.41, 5.74) is 4.61. The Hall–Kier alpha value is -2.41. The third-order valence-corrected chi connectivity index (χ3v) is 2.39. The third kappa shape index (κ3) is 7.83. The molecule has 0 aliphatic rings. The van der Waals surface area contributed by atoms with Crippen molar-refractivity contribution in [1.82, 2.24) is 25.1 Å². The van der Waals surface area contributed by atoms with Gasteiger partial charge in [-0.2, -0.15) is 0 Å². The standard InChI is InChI=1S/C8H11N.C3H3N3.C2H2N2S/c1-9(2)8-6-4-3-5-7-8;1-4-2-6-3-5-1;1-3-4-2-5-1/h3-7H,1-2H3;1-3H;1-2H. The van der Waals surface area contributed by atoms with Crippen LogP contribution in [0.2, 0.25) is 0 Å². The molecule has 20 heavy (non-hydrogen) atoms. The highest BCUT2D eigenvalue weighted by atomic mass is 32.1. The van der Waals surface area contributed by atoms with Crippen LogP contribution in [-0.4, -0.2) is 39.2 Å². The normalized spacial score (nSPS) is 8.50. The van der Waals surface area contributed by atoms with Crippen LogP contribution in [0.5, 0.6) is 0 Å². The topological polar surface area (TPSA) is 67.7 Å². The van der Waals surface area contributed by atoms with Gasteiger partial charge in [0.05, 0.1) is 0 Å². The number of benzene rings is 1. The van der Waals surface area contributed by atoms with Gasteiger partial charge in [0.2, 0.25) is 0 Å². The second-order valence-electron chi connectivity index (χ2n) is 3.60. The Kier molecular flexibility index (Phi) is 8.22. The minimum atomic E-state index is 1.25. The van der Waals surface area contributed by atoms with Gasteiger partial charge in [-0.3, -0.25) is 0 Å². The van der Waals surface area contributed by atoms with Gasteiger partial charge < -0.3 is 4.90 Å². The molecule has 6 nitrogen and oxygen atoms in total. The summed E-state index contributed by atoms with van der Waals surface area (Å²) in [5.74, 6) is 0. The van der Waals surface area contributed by atoms with Crippen molar-refractivity contribution in [2.24, 2.45) is 0 Å². The maximum Gasteiger partial charge on any atom is 0.119 e. The van der Waals surface area contributed by atoms with Crippen LogP contribution in [0.3, 0.4) is 0 Å². The van der Waals surface area contributed by atoms with E-state index in [-0.39, 0.29) is 0 Å². The summed E-state index contributed by atoms with van der Waals surface area (Å²) in [5, 5.41) is 6.98. The second-order valence-corrected chi connectivity index (χ2v) is 4.30. The SMILES string of the molecule is CN(C)c1ccccc1.c1ncncn1.c1nncs1. The molecule has 2 heterocycles. The van der Waals surface area contributed by atoms with E-state index < -0.39 is 0 Å². The summed E-state index contributed by atoms with van der Waals surface area (Å²) >= 11 is 1.49. The van der Waals surface area contributed by atoms with Crippen molar-refractivity contribution < 1.29 is 0 Å². The van der Waals surface area contributed by atoms with Crippen LogP contribution in [0.4, 0.5) is 5.69 Å². The first-order chi connectivity index (χ1) is 9.80. The van der Waals surface area contributed by atoms with E-state index >= 15 is 0 Å². The van der Waals surface area contributed by atoms with Gasteiger partial charge >= 0.3 is 0 Å². The van der Waals surface area contributed by atoms with Crippen molar-refractivity contribution >= 4 is 17.0 Å². The van der Waals surface area contributed by atoms with Crippen LogP contribution in [0, 0.1) is 0 Å². The lowest BCUT2D eigenvalue weighted by Gasteiger charge is -2.10. The lowest BCUT2D eigenvalue weighted by molar-refractivity contribution is 1.05. The van der Waals surface area contributed by atoms with Crippen LogP contribution in [0.15, 0.2) is 60.3 Å². The fourth-order valence-corrected chi connectivity index (χ4v) is 1.34. The first-order valence-electron chi connectivity index (χ1n) is 5.77. The predicted octanol–water partition coefficient (Wildman–Crippen LogP) is 2.16. The number of rotatable bonds is 1. The Labute approximate surface area is 122 Å². The first kappa shape index (κ1) is 15.6. The molecule has 3 aromatic rings. The molecule has 0 atom stereocenters. The highest BCUT2D eigenvalue weighted by Crippen LogP contribution is 2.07. The average molecular weight is 288 g/mol. The van der Waals surface area contributed by atoms with E-state index in [1.54, 1.807) is 11.0 Å².